The Morgan fingerprint density at radius 2 is 1.45 bits per heavy atom. The summed E-state index contributed by atoms with van der Waals surface area (Å²) in [7, 11) is 0.726. The molecule has 3 atom stereocenters. The predicted molar refractivity (Wildman–Crippen MR) is 158 cm³/mol. The number of carbonyl (C=O) groups is 3. The van der Waals surface area contributed by atoms with Crippen molar-refractivity contribution in [3.05, 3.63) is 44.1 Å². The number of imide groups is 1. The molecule has 1 aliphatic carbocycles. The lowest BCUT2D eigenvalue weighted by Crippen LogP contribution is -2.64. The van der Waals surface area contributed by atoms with E-state index in [9.17, 15) is 33.3 Å². The number of carbonyl (C=O) groups excluding carboxylic acids is 2. The van der Waals surface area contributed by atoms with Gasteiger partial charge in [-0.25, -0.2) is 9.78 Å². The van der Waals surface area contributed by atoms with Gasteiger partial charge >= 0.3 is 11.7 Å². The number of carboxylic acids is 1. The molecule has 1 unspecified atom stereocenters. The molecule has 5 rings (SSSR count). The molecule has 0 spiro atoms. The van der Waals surface area contributed by atoms with Crippen LogP contribution in [0.3, 0.4) is 0 Å². The van der Waals surface area contributed by atoms with Crippen LogP contribution in [0.2, 0.25) is 0 Å². The maximum atomic E-state index is 13.7. The number of rotatable bonds is 4. The number of aryl methyl sites for hydroxylation is 2. The summed E-state index contributed by atoms with van der Waals surface area (Å²) in [5, 5.41) is 9.87. The van der Waals surface area contributed by atoms with Gasteiger partial charge in [0.2, 0.25) is 11.8 Å². The van der Waals surface area contributed by atoms with E-state index in [0.29, 0.717) is 17.5 Å². The van der Waals surface area contributed by atoms with Crippen molar-refractivity contribution in [2.75, 3.05) is 19.1 Å². The number of fused-ring (bicyclic) bond motifs is 4. The molecule has 42 heavy (non-hydrogen) atoms. The van der Waals surface area contributed by atoms with Crippen LogP contribution >= 0.6 is 0 Å². The van der Waals surface area contributed by atoms with E-state index >= 15 is 0 Å². The normalized spacial score (nSPS) is 25.6. The van der Waals surface area contributed by atoms with Crippen LogP contribution in [0, 0.1) is 30.1 Å². The van der Waals surface area contributed by atoms with Crippen molar-refractivity contribution in [3.8, 4) is 11.5 Å². The number of piperidine rings is 1. The Labute approximate surface area is 245 Å². The van der Waals surface area contributed by atoms with Crippen LogP contribution in [0.15, 0.2) is 21.7 Å². The third kappa shape index (κ3) is 5.18. The molecule has 0 aromatic heterocycles. The molecule has 3 heterocycles. The lowest BCUT2D eigenvalue weighted by atomic mass is 9.52. The summed E-state index contributed by atoms with van der Waals surface area (Å²) in [6.07, 6.45) is 3.84. The third-order valence-electron chi connectivity index (χ3n) is 8.50. The molecular formula is C29H37N5O7S. The summed E-state index contributed by atoms with van der Waals surface area (Å²) in [6, 6.07) is 3.73. The van der Waals surface area contributed by atoms with Gasteiger partial charge in [-0.05, 0) is 63.3 Å². The van der Waals surface area contributed by atoms with Crippen molar-refractivity contribution in [1.29, 1.82) is 0 Å². The fourth-order valence-electron chi connectivity index (χ4n) is 6.77. The second-order valence-electron chi connectivity index (χ2n) is 12.6. The molecule has 2 bridgehead atoms. The van der Waals surface area contributed by atoms with E-state index in [1.807, 2.05) is 26.0 Å². The fraction of sp³-hybridized carbons (Fsp3) is 0.552. The molecule has 0 radical (unpaired) electrons. The lowest BCUT2D eigenvalue weighted by molar-refractivity contribution is -0.183. The first-order valence-electron chi connectivity index (χ1n) is 13.6. The van der Waals surface area contributed by atoms with Gasteiger partial charge in [0.05, 0.1) is 16.4 Å². The molecule has 1 saturated heterocycles. The van der Waals surface area contributed by atoms with E-state index in [2.05, 4.69) is 9.97 Å². The zero-order chi connectivity index (χ0) is 31.5. The number of likely N-dealkylation sites (tertiary alicyclic amines) is 1. The fourth-order valence-corrected chi connectivity index (χ4v) is 6.77. The molecule has 1 aromatic carbocycles. The van der Waals surface area contributed by atoms with Gasteiger partial charge in [-0.15, -0.1) is 0 Å². The standard InChI is InChI=1S/C27H31N5O6.C2H6OS/c1-14-9-16-17(10-15(14)2)31(19-18(28-16)20(33)30(6)24(38)29-19)7-8-32-21(34)25(3)11-26(4,22(32)35)13-27(5,12-25)23(36)37;1-4(2)3/h9-10H,7-8,11-13H2,1-6H3,(H,36,37);1-2H3/t25-,26+,27?;. The van der Waals surface area contributed by atoms with Crippen LogP contribution in [-0.2, 0) is 38.8 Å². The number of hydrogen-bond acceptors (Lipinski definition) is 8. The van der Waals surface area contributed by atoms with E-state index < -0.39 is 56.1 Å². The number of hydrogen-bond donors (Lipinski definition) is 1. The number of benzene rings is 1. The topological polar surface area (TPSA) is 162 Å². The average molecular weight is 600 g/mol. The van der Waals surface area contributed by atoms with Gasteiger partial charge in [0, 0.05) is 54.3 Å². The van der Waals surface area contributed by atoms with Gasteiger partial charge in [-0.2, -0.15) is 4.98 Å². The van der Waals surface area contributed by atoms with Crippen LogP contribution in [-0.4, -0.2) is 70.2 Å². The minimum absolute atomic E-state index is 0.0205. The van der Waals surface area contributed by atoms with Crippen LogP contribution in [0.25, 0.3) is 22.6 Å². The first-order valence-corrected chi connectivity index (χ1v) is 15.5. The van der Waals surface area contributed by atoms with E-state index in [-0.39, 0.29) is 37.4 Å². The van der Waals surface area contributed by atoms with E-state index in [1.165, 1.54) is 11.9 Å². The first kappa shape index (κ1) is 31.2. The zero-order valence-electron chi connectivity index (χ0n) is 25.2. The number of nitrogens with zero attached hydrogens (tertiary/aromatic N) is 5. The smallest absolute Gasteiger partial charge is 0.352 e. The Balaban J connectivity index is 0.000000952. The Kier molecular flexibility index (Phi) is 7.81. The summed E-state index contributed by atoms with van der Waals surface area (Å²) < 4.78 is 12.1. The number of amides is 2. The maximum absolute atomic E-state index is 13.7. The van der Waals surface area contributed by atoms with E-state index in [0.717, 1.165) is 15.7 Å². The van der Waals surface area contributed by atoms with Gasteiger partial charge in [-0.1, -0.05) is 13.8 Å². The molecule has 4 aliphatic rings. The third-order valence-corrected chi connectivity index (χ3v) is 8.50. The lowest BCUT2D eigenvalue weighted by Gasteiger charge is -2.55. The average Bonchev–Trinajstić information content (AvgIpc) is 2.86. The maximum Gasteiger partial charge on any atom is 0.352 e. The summed E-state index contributed by atoms with van der Waals surface area (Å²) in [5.41, 5.74) is -1.41. The van der Waals surface area contributed by atoms with Crippen molar-refractivity contribution in [1.82, 2.24) is 24.0 Å². The molecule has 2 fully saturated rings. The summed E-state index contributed by atoms with van der Waals surface area (Å²) in [4.78, 5) is 74.7. The molecule has 1 N–H and O–H groups in total. The highest BCUT2D eigenvalue weighted by Crippen LogP contribution is 2.58. The predicted octanol–water partition coefficient (Wildman–Crippen LogP) is 1.86. The molecule has 3 aliphatic heterocycles. The Morgan fingerprint density at radius 1 is 0.929 bits per heavy atom. The van der Waals surface area contributed by atoms with Crippen LogP contribution in [0.1, 0.15) is 51.2 Å². The summed E-state index contributed by atoms with van der Waals surface area (Å²) >= 11 is 0. The molecule has 226 valence electrons. The van der Waals surface area contributed by atoms with E-state index in [1.54, 1.807) is 37.8 Å². The highest BCUT2D eigenvalue weighted by Gasteiger charge is 2.63. The van der Waals surface area contributed by atoms with Gasteiger partial charge < -0.3 is 9.67 Å². The minimum atomic E-state index is -1.19. The largest absolute Gasteiger partial charge is 0.481 e. The Morgan fingerprint density at radius 3 is 1.98 bits per heavy atom. The highest BCUT2D eigenvalue weighted by molar-refractivity contribution is 7.83. The second kappa shape index (κ2) is 10.5. The molecule has 2 amide bonds. The van der Waals surface area contributed by atoms with Crippen LogP contribution in [0.4, 0.5) is 0 Å². The molecule has 1 saturated carbocycles. The van der Waals surface area contributed by atoms with Gasteiger partial charge in [0.15, 0.2) is 11.5 Å². The first-order chi connectivity index (χ1) is 19.3. The van der Waals surface area contributed by atoms with Crippen molar-refractivity contribution < 1.29 is 23.7 Å². The van der Waals surface area contributed by atoms with Crippen molar-refractivity contribution in [3.63, 3.8) is 0 Å². The molecule has 12 nitrogen and oxygen atoms in total. The van der Waals surface area contributed by atoms with Gasteiger partial charge in [-0.3, -0.25) is 32.9 Å². The summed E-state index contributed by atoms with van der Waals surface area (Å²) in [5.74, 6) is -1.74. The zero-order valence-corrected chi connectivity index (χ0v) is 26.0. The van der Waals surface area contributed by atoms with Crippen molar-refractivity contribution in [2.45, 2.75) is 60.4 Å². The number of aliphatic carboxylic acids is 1. The van der Waals surface area contributed by atoms with Crippen LogP contribution < -0.4 is 11.2 Å². The summed E-state index contributed by atoms with van der Waals surface area (Å²) in [6.45, 7) is 8.99. The van der Waals surface area contributed by atoms with Crippen molar-refractivity contribution in [2.24, 2.45) is 23.3 Å². The van der Waals surface area contributed by atoms with Crippen LogP contribution in [0.5, 0.6) is 0 Å². The van der Waals surface area contributed by atoms with Gasteiger partial charge in [0.25, 0.3) is 5.56 Å². The second-order valence-corrected chi connectivity index (χ2v) is 14.1. The Hall–Kier alpha value is -3.74. The van der Waals surface area contributed by atoms with Gasteiger partial charge in [0.1, 0.15) is 0 Å². The number of carboxylic acid groups (broad SMARTS) is 1. The molecule has 13 heteroatoms. The monoisotopic (exact) mass is 599 g/mol. The number of aromatic nitrogens is 4. The Bertz CT molecular complexity index is 1730. The highest BCUT2D eigenvalue weighted by atomic mass is 32.2. The van der Waals surface area contributed by atoms with E-state index in [4.69, 9.17) is 0 Å². The molecular weight excluding hydrogens is 562 g/mol. The quantitative estimate of drug-likeness (QED) is 0.349. The SMILES string of the molecule is CS(C)=O.Cc1cc2nc3c(=O)n(C)c(=O)nc-3n(CCN3C(=O)[C@@]4(C)CC(C)(C(=O)O)C[C@](C)(C4)C3=O)c2cc1C. The van der Waals surface area contributed by atoms with Crippen molar-refractivity contribution >= 4 is 39.6 Å². The molecule has 1 aromatic rings. The minimum Gasteiger partial charge on any atom is -0.481 e.